The molecule has 0 aliphatic carbocycles. The minimum absolute atomic E-state index is 0.213. The van der Waals surface area contributed by atoms with Crippen LogP contribution in [0.2, 0.25) is 0 Å². The summed E-state index contributed by atoms with van der Waals surface area (Å²) in [6.45, 7) is 4.19. The first-order chi connectivity index (χ1) is 9.47. The summed E-state index contributed by atoms with van der Waals surface area (Å²) < 4.78 is 25.8. The number of rotatable bonds is 4. The highest BCUT2D eigenvalue weighted by Crippen LogP contribution is 2.30. The van der Waals surface area contributed by atoms with E-state index in [4.69, 9.17) is 5.73 Å². The fourth-order valence-electron chi connectivity index (χ4n) is 2.72. The van der Waals surface area contributed by atoms with Crippen LogP contribution in [-0.2, 0) is 10.0 Å². The minimum Gasteiger partial charge on any atom is -0.397 e. The first kappa shape index (κ1) is 15.1. The van der Waals surface area contributed by atoms with E-state index in [1.165, 1.54) is 26.0 Å². The van der Waals surface area contributed by atoms with Gasteiger partial charge in [-0.15, -0.1) is 0 Å². The SMILES string of the molecule is CCC1CCCN(c2ccc(S(=O)(=O)NC)cc2N)C1. The Morgan fingerprint density at radius 2 is 2.20 bits per heavy atom. The molecular formula is C14H23N3O2S. The van der Waals surface area contributed by atoms with Crippen LogP contribution in [0.15, 0.2) is 23.1 Å². The van der Waals surface area contributed by atoms with E-state index < -0.39 is 10.0 Å². The summed E-state index contributed by atoms with van der Waals surface area (Å²) in [4.78, 5) is 2.48. The Labute approximate surface area is 121 Å². The van der Waals surface area contributed by atoms with Gasteiger partial charge in [0.25, 0.3) is 0 Å². The van der Waals surface area contributed by atoms with Crippen molar-refractivity contribution in [3.8, 4) is 0 Å². The van der Waals surface area contributed by atoms with Gasteiger partial charge in [0.1, 0.15) is 0 Å². The van der Waals surface area contributed by atoms with E-state index in [0.717, 1.165) is 25.2 Å². The minimum atomic E-state index is -3.43. The molecule has 1 atom stereocenters. The zero-order chi connectivity index (χ0) is 14.8. The van der Waals surface area contributed by atoms with Crippen LogP contribution < -0.4 is 15.4 Å². The Morgan fingerprint density at radius 3 is 2.80 bits per heavy atom. The van der Waals surface area contributed by atoms with Crippen molar-refractivity contribution >= 4 is 21.4 Å². The lowest BCUT2D eigenvalue weighted by atomic mass is 9.95. The number of benzene rings is 1. The van der Waals surface area contributed by atoms with Gasteiger partial charge in [0.15, 0.2) is 0 Å². The average molecular weight is 297 g/mol. The third-order valence-electron chi connectivity index (χ3n) is 4.02. The molecule has 0 amide bonds. The molecule has 1 aliphatic rings. The third-order valence-corrected chi connectivity index (χ3v) is 5.43. The summed E-state index contributed by atoms with van der Waals surface area (Å²) in [5, 5.41) is 0. The number of nitrogens with zero attached hydrogens (tertiary/aromatic N) is 1. The molecule has 0 spiro atoms. The number of nitrogens with one attached hydrogen (secondary N) is 1. The molecule has 1 saturated heterocycles. The van der Waals surface area contributed by atoms with Crippen LogP contribution >= 0.6 is 0 Å². The number of nitrogen functional groups attached to an aromatic ring is 1. The highest BCUT2D eigenvalue weighted by molar-refractivity contribution is 7.89. The molecule has 3 N–H and O–H groups in total. The maximum absolute atomic E-state index is 11.8. The second-order valence-electron chi connectivity index (χ2n) is 5.29. The fourth-order valence-corrected chi connectivity index (χ4v) is 3.49. The molecule has 1 heterocycles. The molecule has 6 heteroatoms. The van der Waals surface area contributed by atoms with Crippen LogP contribution in [-0.4, -0.2) is 28.6 Å². The molecule has 0 radical (unpaired) electrons. The van der Waals surface area contributed by atoms with Crippen LogP contribution in [0.4, 0.5) is 11.4 Å². The quantitative estimate of drug-likeness (QED) is 0.831. The Hall–Kier alpha value is -1.27. The van der Waals surface area contributed by atoms with Crippen molar-refractivity contribution in [2.24, 2.45) is 5.92 Å². The van der Waals surface area contributed by atoms with Crippen molar-refractivity contribution in [2.75, 3.05) is 30.8 Å². The van der Waals surface area contributed by atoms with Gasteiger partial charge >= 0.3 is 0 Å². The van der Waals surface area contributed by atoms with Crippen molar-refractivity contribution in [1.29, 1.82) is 0 Å². The van der Waals surface area contributed by atoms with Crippen LogP contribution in [0.1, 0.15) is 26.2 Å². The monoisotopic (exact) mass is 297 g/mol. The first-order valence-corrected chi connectivity index (χ1v) is 8.54. The molecule has 0 saturated carbocycles. The van der Waals surface area contributed by atoms with E-state index in [-0.39, 0.29) is 4.90 Å². The van der Waals surface area contributed by atoms with E-state index in [9.17, 15) is 8.42 Å². The first-order valence-electron chi connectivity index (χ1n) is 7.06. The van der Waals surface area contributed by atoms with Gasteiger partial charge in [-0.3, -0.25) is 0 Å². The predicted molar refractivity (Wildman–Crippen MR) is 82.3 cm³/mol. The Kier molecular flexibility index (Phi) is 4.55. The number of piperidine rings is 1. The zero-order valence-corrected chi connectivity index (χ0v) is 12.9. The van der Waals surface area contributed by atoms with Gasteiger partial charge in [-0.05, 0) is 44.0 Å². The summed E-state index contributed by atoms with van der Waals surface area (Å²) in [6.07, 6.45) is 3.59. The second-order valence-corrected chi connectivity index (χ2v) is 7.18. The standard InChI is InChI=1S/C14H23N3O2S/c1-3-11-5-4-8-17(10-11)14-7-6-12(9-13(14)15)20(18,19)16-2/h6-7,9,11,16H,3-5,8,10,15H2,1-2H3. The molecule has 20 heavy (non-hydrogen) atoms. The third kappa shape index (κ3) is 3.07. The summed E-state index contributed by atoms with van der Waals surface area (Å²) in [5.41, 5.74) is 7.53. The van der Waals surface area contributed by atoms with Crippen LogP contribution in [0.5, 0.6) is 0 Å². The number of hydrogen-bond acceptors (Lipinski definition) is 4. The molecule has 1 unspecified atom stereocenters. The number of nitrogens with two attached hydrogens (primary N) is 1. The summed E-state index contributed by atoms with van der Waals surface area (Å²) in [6, 6.07) is 4.97. The van der Waals surface area contributed by atoms with Crippen molar-refractivity contribution < 1.29 is 8.42 Å². The van der Waals surface area contributed by atoms with Gasteiger partial charge in [0.05, 0.1) is 16.3 Å². The molecule has 1 aromatic carbocycles. The topological polar surface area (TPSA) is 75.4 Å². The van der Waals surface area contributed by atoms with Crippen molar-refractivity contribution in [2.45, 2.75) is 31.1 Å². The van der Waals surface area contributed by atoms with Crippen molar-refractivity contribution in [1.82, 2.24) is 4.72 Å². The van der Waals surface area contributed by atoms with E-state index in [2.05, 4.69) is 16.5 Å². The van der Waals surface area contributed by atoms with Crippen LogP contribution in [0.3, 0.4) is 0 Å². The second kappa shape index (κ2) is 6.01. The van der Waals surface area contributed by atoms with Gasteiger partial charge in [0.2, 0.25) is 10.0 Å². The lowest BCUT2D eigenvalue weighted by Crippen LogP contribution is -2.35. The fraction of sp³-hybridized carbons (Fsp3) is 0.571. The predicted octanol–water partition coefficient (Wildman–Crippen LogP) is 1.80. The maximum atomic E-state index is 11.8. The number of anilines is 2. The van der Waals surface area contributed by atoms with Gasteiger partial charge < -0.3 is 10.6 Å². The highest BCUT2D eigenvalue weighted by Gasteiger charge is 2.21. The number of sulfonamides is 1. The van der Waals surface area contributed by atoms with Gasteiger partial charge in [-0.25, -0.2) is 13.1 Å². The van der Waals surface area contributed by atoms with Crippen LogP contribution in [0.25, 0.3) is 0 Å². The molecule has 112 valence electrons. The lowest BCUT2D eigenvalue weighted by Gasteiger charge is -2.34. The summed E-state index contributed by atoms with van der Waals surface area (Å²) in [7, 11) is -2.03. The molecule has 2 rings (SSSR count). The largest absolute Gasteiger partial charge is 0.397 e. The van der Waals surface area contributed by atoms with E-state index in [1.54, 1.807) is 6.07 Å². The van der Waals surface area contributed by atoms with E-state index in [1.807, 2.05) is 6.07 Å². The molecular weight excluding hydrogens is 274 g/mol. The Bertz CT molecular complexity index is 572. The van der Waals surface area contributed by atoms with Gasteiger partial charge in [-0.1, -0.05) is 13.3 Å². The molecule has 1 fully saturated rings. The molecule has 1 aromatic rings. The highest BCUT2D eigenvalue weighted by atomic mass is 32.2. The number of hydrogen-bond donors (Lipinski definition) is 2. The van der Waals surface area contributed by atoms with Crippen molar-refractivity contribution in [3.05, 3.63) is 18.2 Å². The van der Waals surface area contributed by atoms with E-state index >= 15 is 0 Å². The lowest BCUT2D eigenvalue weighted by molar-refractivity contribution is 0.405. The average Bonchev–Trinajstić information content (AvgIpc) is 2.47. The molecule has 0 bridgehead atoms. The summed E-state index contributed by atoms with van der Waals surface area (Å²) in [5.74, 6) is 0.698. The molecule has 5 nitrogen and oxygen atoms in total. The normalized spacial score (nSPS) is 20.1. The van der Waals surface area contributed by atoms with E-state index in [0.29, 0.717) is 11.6 Å². The maximum Gasteiger partial charge on any atom is 0.240 e. The summed E-state index contributed by atoms with van der Waals surface area (Å²) >= 11 is 0. The van der Waals surface area contributed by atoms with Gasteiger partial charge in [0, 0.05) is 13.1 Å². The molecule has 1 aliphatic heterocycles. The Morgan fingerprint density at radius 1 is 1.45 bits per heavy atom. The smallest absolute Gasteiger partial charge is 0.240 e. The zero-order valence-electron chi connectivity index (χ0n) is 12.1. The molecule has 0 aromatic heterocycles. The Balaban J connectivity index is 2.26. The van der Waals surface area contributed by atoms with Crippen molar-refractivity contribution in [3.63, 3.8) is 0 Å². The van der Waals surface area contributed by atoms with Crippen LogP contribution in [0, 0.1) is 5.92 Å². The van der Waals surface area contributed by atoms with Gasteiger partial charge in [-0.2, -0.15) is 0 Å².